The number of aliphatic imine (C=N–C) groups is 1. The Hall–Kier alpha value is -0.950. The van der Waals surface area contributed by atoms with Gasteiger partial charge in [0.05, 0.1) is 0 Å². The molecule has 2 fully saturated rings. The fourth-order valence-corrected chi connectivity index (χ4v) is 8.26. The molecule has 0 radical (unpaired) electrons. The Morgan fingerprint density at radius 1 is 1.15 bits per heavy atom. The van der Waals surface area contributed by atoms with E-state index < -0.39 is 7.87 Å². The summed E-state index contributed by atoms with van der Waals surface area (Å²) in [7, 11) is 3.94. The number of guanidine groups is 1. The molecule has 0 aromatic rings. The Bertz CT molecular complexity index is 390. The topological polar surface area (TPSA) is 67.1 Å². The quantitative estimate of drug-likeness (QED) is 0.256. The van der Waals surface area contributed by atoms with E-state index in [4.69, 9.17) is 0 Å². The summed E-state index contributed by atoms with van der Waals surface area (Å²) in [6.07, 6.45) is 2.43. The third-order valence-electron chi connectivity index (χ3n) is 4.22. The van der Waals surface area contributed by atoms with Gasteiger partial charge < -0.3 is 0 Å². The van der Waals surface area contributed by atoms with E-state index in [1.54, 1.807) is 0 Å². The van der Waals surface area contributed by atoms with Gasteiger partial charge in [0.25, 0.3) is 0 Å². The summed E-state index contributed by atoms with van der Waals surface area (Å²) < 4.78 is 9.20. The van der Waals surface area contributed by atoms with Crippen LogP contribution in [0.4, 0.5) is 0 Å². The molecule has 2 saturated heterocycles. The van der Waals surface area contributed by atoms with Gasteiger partial charge in [-0.05, 0) is 0 Å². The van der Waals surface area contributed by atoms with Crippen LogP contribution in [0, 0.1) is 4.91 Å². The van der Waals surface area contributed by atoms with Crippen molar-refractivity contribution in [3.8, 4) is 0 Å². The van der Waals surface area contributed by atoms with Crippen molar-refractivity contribution < 1.29 is 0 Å². The molecular weight excluding hydrogens is 277 g/mol. The standard InChI is InChI=1S/C11H24N7OP/c1-12-11(14-19)13-17(4)20(18-7-5-6-8-18)15(2)9-10-16(20)3/h20H,1,5-10H2,2-4H3/b13-11+. The van der Waals surface area contributed by atoms with Gasteiger partial charge in [0.15, 0.2) is 0 Å². The number of rotatable bonds is 3. The zero-order valence-electron chi connectivity index (χ0n) is 12.5. The molecule has 2 aliphatic heterocycles. The summed E-state index contributed by atoms with van der Waals surface area (Å²) in [6, 6.07) is 0. The number of nitrogens with zero attached hydrogens (tertiary/aromatic N) is 7. The Morgan fingerprint density at radius 3 is 2.15 bits per heavy atom. The van der Waals surface area contributed by atoms with Gasteiger partial charge in [-0.3, -0.25) is 0 Å². The number of hydrogen-bond acceptors (Lipinski definition) is 6. The van der Waals surface area contributed by atoms with Gasteiger partial charge in [-0.2, -0.15) is 0 Å². The number of likely N-dealkylation sites (N-methyl/N-ethyl adjacent to an activating group) is 2. The van der Waals surface area contributed by atoms with E-state index in [0.29, 0.717) is 0 Å². The first-order valence-electron chi connectivity index (χ1n) is 6.87. The van der Waals surface area contributed by atoms with Gasteiger partial charge >= 0.3 is 120 Å². The third kappa shape index (κ3) is 2.37. The van der Waals surface area contributed by atoms with Gasteiger partial charge in [0, 0.05) is 0 Å². The molecule has 0 atom stereocenters. The molecule has 0 aromatic heterocycles. The molecule has 2 aliphatic rings. The first-order valence-corrected chi connectivity index (χ1v) is 8.66. The predicted octanol–water partition coefficient (Wildman–Crippen LogP) is 1.04. The van der Waals surface area contributed by atoms with Crippen molar-refractivity contribution in [3.63, 3.8) is 0 Å². The molecule has 0 saturated carbocycles. The molecule has 0 aromatic carbocycles. The van der Waals surface area contributed by atoms with Gasteiger partial charge in [0.1, 0.15) is 0 Å². The van der Waals surface area contributed by atoms with Crippen molar-refractivity contribution >= 4 is 20.5 Å². The molecule has 0 N–H and O–H groups in total. The average molecular weight is 301 g/mol. The Morgan fingerprint density at radius 2 is 1.70 bits per heavy atom. The molecule has 2 rings (SSSR count). The molecule has 114 valence electrons. The summed E-state index contributed by atoms with van der Waals surface area (Å²) in [5, 5.41) is 7.11. The van der Waals surface area contributed by atoms with Crippen molar-refractivity contribution in [2.45, 2.75) is 12.8 Å². The molecule has 0 bridgehead atoms. The van der Waals surface area contributed by atoms with E-state index in [9.17, 15) is 4.91 Å². The fraction of sp³-hybridized carbons (Fsp3) is 0.818. The molecule has 20 heavy (non-hydrogen) atoms. The van der Waals surface area contributed by atoms with E-state index in [0.717, 1.165) is 26.2 Å². The van der Waals surface area contributed by atoms with Crippen LogP contribution in [0.5, 0.6) is 0 Å². The van der Waals surface area contributed by atoms with Crippen LogP contribution in [-0.4, -0.2) is 78.8 Å². The third-order valence-corrected chi connectivity index (χ3v) is 8.98. The van der Waals surface area contributed by atoms with Gasteiger partial charge in [-0.25, -0.2) is 0 Å². The van der Waals surface area contributed by atoms with Crippen molar-refractivity contribution in [2.24, 2.45) is 15.3 Å². The summed E-state index contributed by atoms with van der Waals surface area (Å²) in [5.41, 5.74) is 0. The van der Waals surface area contributed by atoms with E-state index in [-0.39, 0.29) is 5.96 Å². The second-order valence-corrected chi connectivity index (χ2v) is 9.32. The van der Waals surface area contributed by atoms with Crippen molar-refractivity contribution in [3.05, 3.63) is 4.91 Å². The number of hydrogen-bond donors (Lipinski definition) is 0. The van der Waals surface area contributed by atoms with Crippen LogP contribution in [0.25, 0.3) is 0 Å². The molecule has 0 amide bonds. The fourth-order valence-electron chi connectivity index (χ4n) is 3.37. The van der Waals surface area contributed by atoms with E-state index in [1.807, 2.05) is 11.8 Å². The van der Waals surface area contributed by atoms with Crippen molar-refractivity contribution in [2.75, 3.05) is 47.3 Å². The normalized spacial score (nSPS) is 26.6. The maximum atomic E-state index is 10.7. The summed E-state index contributed by atoms with van der Waals surface area (Å²) in [4.78, 5) is 14.3. The minimum absolute atomic E-state index is 0.104. The van der Waals surface area contributed by atoms with Crippen molar-refractivity contribution in [1.29, 1.82) is 0 Å². The van der Waals surface area contributed by atoms with Crippen LogP contribution in [0.3, 0.4) is 0 Å². The summed E-state index contributed by atoms with van der Waals surface area (Å²) in [6.45, 7) is 7.50. The Balaban J connectivity index is 2.38. The zero-order chi connectivity index (χ0) is 14.8. The van der Waals surface area contributed by atoms with Gasteiger partial charge in [-0.15, -0.1) is 0 Å². The molecule has 9 heteroatoms. The van der Waals surface area contributed by atoms with E-state index in [2.05, 4.69) is 50.1 Å². The molecule has 2 heterocycles. The van der Waals surface area contributed by atoms with Crippen LogP contribution < -0.4 is 0 Å². The van der Waals surface area contributed by atoms with Crippen LogP contribution in [0.15, 0.2) is 15.3 Å². The Labute approximate surface area is 120 Å². The average Bonchev–Trinajstić information content (AvgIpc) is 3.05. The van der Waals surface area contributed by atoms with Crippen LogP contribution in [0.2, 0.25) is 0 Å². The SMILES string of the molecule is C=N/C(N=O)=N\N(C)[PH]1(N2CCCC2)N(C)CCN1C. The molecule has 0 unspecified atom stereocenters. The summed E-state index contributed by atoms with van der Waals surface area (Å²) in [5.74, 6) is -0.104. The molecule has 0 aliphatic carbocycles. The maximum absolute atomic E-state index is 10.7. The zero-order valence-corrected chi connectivity index (χ0v) is 13.5. The Kier molecular flexibility index (Phi) is 4.80. The number of nitroso groups, excluding NO2 is 1. The molecular formula is C11H24N7OP. The van der Waals surface area contributed by atoms with Crippen LogP contribution in [0.1, 0.15) is 12.8 Å². The molecule has 8 nitrogen and oxygen atoms in total. The first-order chi connectivity index (χ1) is 9.57. The second kappa shape index (κ2) is 6.22. The second-order valence-electron chi connectivity index (χ2n) is 5.31. The number of hydrazone groups is 1. The first kappa shape index (κ1) is 15.4. The van der Waals surface area contributed by atoms with Crippen LogP contribution in [-0.2, 0) is 0 Å². The van der Waals surface area contributed by atoms with Crippen LogP contribution >= 0.6 is 7.87 Å². The van der Waals surface area contributed by atoms with Crippen molar-refractivity contribution in [1.82, 2.24) is 18.8 Å². The van der Waals surface area contributed by atoms with E-state index in [1.165, 1.54) is 12.8 Å². The minimum atomic E-state index is -2.25. The molecule has 0 spiro atoms. The van der Waals surface area contributed by atoms with Gasteiger partial charge in [0.2, 0.25) is 0 Å². The summed E-state index contributed by atoms with van der Waals surface area (Å²) >= 11 is 0. The predicted molar refractivity (Wildman–Crippen MR) is 84.9 cm³/mol. The monoisotopic (exact) mass is 301 g/mol. The van der Waals surface area contributed by atoms with E-state index >= 15 is 0 Å². The van der Waals surface area contributed by atoms with Gasteiger partial charge in [-0.1, -0.05) is 0 Å².